The van der Waals surface area contributed by atoms with E-state index in [0.29, 0.717) is 0 Å². The van der Waals surface area contributed by atoms with E-state index in [0.717, 1.165) is 11.2 Å². The largest absolute Gasteiger partial charge is 0.456 e. The van der Waals surface area contributed by atoms with Crippen LogP contribution < -0.4 is 0 Å². The Labute approximate surface area is 365 Å². The lowest BCUT2D eigenvalue weighted by Crippen LogP contribution is -1.77. The minimum atomic E-state index is 0.969. The highest BCUT2D eigenvalue weighted by Crippen LogP contribution is 2.35. The summed E-state index contributed by atoms with van der Waals surface area (Å²) in [5.41, 5.74) is 13.6. The number of hydrogen-bond donors (Lipinski definition) is 0. The maximum absolute atomic E-state index is 5.78. The fourth-order valence-electron chi connectivity index (χ4n) is 7.14. The molecule has 0 saturated heterocycles. The molecule has 2 heterocycles. The van der Waals surface area contributed by atoms with Gasteiger partial charge in [-0.1, -0.05) is 229 Å². The Hall–Kier alpha value is -7.00. The Kier molecular flexibility index (Phi) is 14.4. The minimum absolute atomic E-state index is 0.969. The molecule has 11 aromatic rings. The third-order valence-corrected chi connectivity index (χ3v) is 11.7. The van der Waals surface area contributed by atoms with Crippen molar-refractivity contribution in [1.29, 1.82) is 0 Å². The van der Waals surface area contributed by atoms with Gasteiger partial charge < -0.3 is 4.42 Å². The fourth-order valence-corrected chi connectivity index (χ4v) is 8.31. The molecule has 0 spiro atoms. The number of aryl methyl sites for hydroxylation is 5. The van der Waals surface area contributed by atoms with E-state index in [1.54, 1.807) is 0 Å². The van der Waals surface area contributed by atoms with E-state index in [4.69, 9.17) is 4.42 Å². The van der Waals surface area contributed by atoms with Gasteiger partial charge in [0.1, 0.15) is 11.2 Å². The Morgan fingerprint density at radius 1 is 0.311 bits per heavy atom. The lowest BCUT2D eigenvalue weighted by Gasteiger charge is -2.01. The highest BCUT2D eigenvalue weighted by Gasteiger charge is 2.07. The van der Waals surface area contributed by atoms with Crippen LogP contribution in [0, 0.1) is 34.6 Å². The molecule has 9 aromatic carbocycles. The highest BCUT2D eigenvalue weighted by molar-refractivity contribution is 7.26. The summed E-state index contributed by atoms with van der Waals surface area (Å²) in [7, 11) is 0. The van der Waals surface area contributed by atoms with Gasteiger partial charge >= 0.3 is 0 Å². The van der Waals surface area contributed by atoms with E-state index < -0.39 is 0 Å². The maximum Gasteiger partial charge on any atom is 0.138 e. The van der Waals surface area contributed by atoms with E-state index in [1.165, 1.54) is 81.0 Å². The van der Waals surface area contributed by atoms with Crippen molar-refractivity contribution in [3.63, 3.8) is 0 Å². The predicted octanol–water partition coefficient (Wildman–Crippen LogP) is 17.6. The normalized spacial score (nSPS) is 10.4. The van der Waals surface area contributed by atoms with Gasteiger partial charge in [-0.15, -0.1) is 11.3 Å². The predicted molar refractivity (Wildman–Crippen MR) is 267 cm³/mol. The summed E-state index contributed by atoms with van der Waals surface area (Å²) in [6, 6.07) is 77.8. The summed E-state index contributed by atoms with van der Waals surface area (Å²) in [4.78, 5) is 0. The first-order valence-corrected chi connectivity index (χ1v) is 21.7. The van der Waals surface area contributed by atoms with Crippen LogP contribution in [-0.4, -0.2) is 0 Å². The van der Waals surface area contributed by atoms with E-state index >= 15 is 0 Å². The lowest BCUT2D eigenvalue weighted by molar-refractivity contribution is 0.666. The maximum atomic E-state index is 5.78. The Balaban J connectivity index is 0.000000117. The summed E-state index contributed by atoms with van der Waals surface area (Å²) >= 11 is 1.89. The van der Waals surface area contributed by atoms with Crippen molar-refractivity contribution in [2.24, 2.45) is 0 Å². The molecule has 61 heavy (non-hydrogen) atoms. The molecule has 11 rings (SSSR count). The molecule has 0 saturated carbocycles. The zero-order chi connectivity index (χ0) is 42.4. The van der Waals surface area contributed by atoms with Crippen LogP contribution in [-0.2, 0) is 0 Å². The van der Waals surface area contributed by atoms with E-state index in [2.05, 4.69) is 211 Å². The molecule has 0 atom stereocenters. The second kappa shape index (κ2) is 20.8. The minimum Gasteiger partial charge on any atom is -0.456 e. The van der Waals surface area contributed by atoms with E-state index in [9.17, 15) is 0 Å². The highest BCUT2D eigenvalue weighted by atomic mass is 32.1. The van der Waals surface area contributed by atoms with Crippen molar-refractivity contribution >= 4 is 53.4 Å². The first kappa shape index (κ1) is 42.1. The van der Waals surface area contributed by atoms with E-state index in [-0.39, 0.29) is 0 Å². The van der Waals surface area contributed by atoms with Crippen molar-refractivity contribution in [3.05, 3.63) is 252 Å². The number of para-hydroxylation sites is 2. The van der Waals surface area contributed by atoms with Crippen molar-refractivity contribution in [2.45, 2.75) is 34.6 Å². The monoisotopic (exact) mass is 808 g/mol. The van der Waals surface area contributed by atoms with Gasteiger partial charge in [0.2, 0.25) is 0 Å². The van der Waals surface area contributed by atoms with Crippen LogP contribution in [0.3, 0.4) is 0 Å². The number of rotatable bonds is 2. The molecule has 0 aliphatic carbocycles. The first-order valence-electron chi connectivity index (χ1n) is 20.8. The molecule has 0 aliphatic rings. The van der Waals surface area contributed by atoms with Gasteiger partial charge in [0.05, 0.1) is 0 Å². The molecule has 2 heteroatoms. The van der Waals surface area contributed by atoms with Gasteiger partial charge in [-0.25, -0.2) is 0 Å². The van der Waals surface area contributed by atoms with E-state index in [1.807, 2.05) is 59.9 Å². The van der Waals surface area contributed by atoms with Gasteiger partial charge in [-0.2, -0.15) is 0 Å². The third-order valence-electron chi connectivity index (χ3n) is 10.4. The zero-order valence-corrected chi connectivity index (χ0v) is 36.5. The molecule has 0 bridgehead atoms. The van der Waals surface area contributed by atoms with Crippen molar-refractivity contribution in [2.75, 3.05) is 0 Å². The van der Waals surface area contributed by atoms with Crippen LogP contribution in [0.4, 0.5) is 0 Å². The summed E-state index contributed by atoms with van der Waals surface area (Å²) in [5, 5.41) is 5.19. The molecule has 1 nitrogen and oxygen atoms in total. The van der Waals surface area contributed by atoms with Crippen LogP contribution in [0.1, 0.15) is 27.8 Å². The molecule has 0 fully saturated rings. The molecule has 2 aromatic heterocycles. The molecule has 0 aliphatic heterocycles. The first-order chi connectivity index (χ1) is 29.8. The second-order valence-corrected chi connectivity index (χ2v) is 16.3. The third kappa shape index (κ3) is 11.2. The summed E-state index contributed by atoms with van der Waals surface area (Å²) in [5.74, 6) is 0. The molecule has 0 unspecified atom stereocenters. The second-order valence-electron chi connectivity index (χ2n) is 15.2. The average Bonchev–Trinajstić information content (AvgIpc) is 3.89. The van der Waals surface area contributed by atoms with Crippen LogP contribution in [0.2, 0.25) is 0 Å². The molecule has 0 radical (unpaired) electrons. The molecular weight excluding hydrogens is 757 g/mol. The Morgan fingerprint density at radius 3 is 1.41 bits per heavy atom. The summed E-state index contributed by atoms with van der Waals surface area (Å²) < 4.78 is 8.59. The number of fused-ring (bicyclic) bond motifs is 6. The average molecular weight is 809 g/mol. The molecule has 300 valence electrons. The standard InChI is InChI=1S/C13H10O.C13H10S.2C13H12.C7H8/c2*1-9-5-4-7-11-10-6-2-3-8-12(10)14-13(9)11;1-11-6-5-9-13(10-11)12-7-3-2-4-8-12;1-11-7-9-13(10-8-11)12-5-3-2-4-6-12;1-7-5-3-2-4-6-7/h2*2-8H,1H3;2*2-10H,1H3;2-6H,1H3. The Bertz CT molecular complexity index is 2940. The van der Waals surface area contributed by atoms with Crippen LogP contribution in [0.5, 0.6) is 0 Å². The number of thiophene rings is 1. The zero-order valence-electron chi connectivity index (χ0n) is 35.7. The summed E-state index contributed by atoms with van der Waals surface area (Å²) in [6.07, 6.45) is 0. The van der Waals surface area contributed by atoms with Crippen LogP contribution in [0.15, 0.2) is 229 Å². The van der Waals surface area contributed by atoms with Gasteiger partial charge in [0.25, 0.3) is 0 Å². The Morgan fingerprint density at radius 2 is 0.770 bits per heavy atom. The van der Waals surface area contributed by atoms with Crippen molar-refractivity contribution in [1.82, 2.24) is 0 Å². The quantitative estimate of drug-likeness (QED) is 0.170. The van der Waals surface area contributed by atoms with Gasteiger partial charge in [-0.3, -0.25) is 0 Å². The van der Waals surface area contributed by atoms with Crippen molar-refractivity contribution in [3.8, 4) is 22.3 Å². The SMILES string of the molecule is Cc1ccc(-c2ccccc2)cc1.Cc1cccc(-c2ccccc2)c1.Cc1cccc2c1oc1ccccc12.Cc1cccc2c1sc1ccccc12.Cc1ccccc1. The molecule has 0 amide bonds. The fraction of sp³-hybridized carbons (Fsp3) is 0.0847. The lowest BCUT2D eigenvalue weighted by atomic mass is 10.0. The smallest absolute Gasteiger partial charge is 0.138 e. The van der Waals surface area contributed by atoms with Gasteiger partial charge in [0, 0.05) is 30.9 Å². The van der Waals surface area contributed by atoms with Crippen LogP contribution in [0.25, 0.3) is 64.4 Å². The number of furan rings is 1. The number of benzene rings is 9. The van der Waals surface area contributed by atoms with Gasteiger partial charge in [0.15, 0.2) is 0 Å². The molecule has 0 N–H and O–H groups in total. The number of hydrogen-bond acceptors (Lipinski definition) is 2. The topological polar surface area (TPSA) is 13.1 Å². The summed E-state index contributed by atoms with van der Waals surface area (Å²) in [6.45, 7) is 10.6. The van der Waals surface area contributed by atoms with Crippen LogP contribution >= 0.6 is 11.3 Å². The van der Waals surface area contributed by atoms with Crippen molar-refractivity contribution < 1.29 is 4.42 Å². The van der Waals surface area contributed by atoms with Gasteiger partial charge in [-0.05, 0) is 80.1 Å². The molecular formula is C59H52OS.